The molecule has 0 radical (unpaired) electrons. The number of rotatable bonds is 5. The molecule has 3 heterocycles. The third kappa shape index (κ3) is 3.72. The Morgan fingerprint density at radius 1 is 1.10 bits per heavy atom. The summed E-state index contributed by atoms with van der Waals surface area (Å²) in [5.41, 5.74) is 5.86. The van der Waals surface area contributed by atoms with Crippen molar-refractivity contribution < 1.29 is 9.53 Å². The van der Waals surface area contributed by atoms with Crippen LogP contribution >= 0.6 is 0 Å². The Kier molecular flexibility index (Phi) is 5.24. The average Bonchev–Trinajstić information content (AvgIpc) is 3.39. The van der Waals surface area contributed by atoms with E-state index in [4.69, 9.17) is 9.84 Å². The van der Waals surface area contributed by atoms with Crippen LogP contribution < -0.4 is 5.32 Å². The molecule has 1 saturated heterocycles. The van der Waals surface area contributed by atoms with Gasteiger partial charge < -0.3 is 15.0 Å². The van der Waals surface area contributed by atoms with Crippen molar-refractivity contribution in [1.29, 1.82) is 0 Å². The largest absolute Gasteiger partial charge is 0.376 e. The van der Waals surface area contributed by atoms with E-state index < -0.39 is 0 Å². The van der Waals surface area contributed by atoms with Crippen LogP contribution in [0, 0.1) is 13.8 Å². The van der Waals surface area contributed by atoms with Gasteiger partial charge in [-0.05, 0) is 44.4 Å². The number of nitrogens with zero attached hydrogens (tertiary/aromatic N) is 3. The summed E-state index contributed by atoms with van der Waals surface area (Å²) in [5, 5.41) is 8.46. The predicted octanol–water partition coefficient (Wildman–Crippen LogP) is 4.29. The molecular formula is C25H28N4O2. The minimum absolute atomic E-state index is 0.0458. The van der Waals surface area contributed by atoms with Crippen LogP contribution in [0.15, 0.2) is 54.6 Å². The Hall–Kier alpha value is -3.12. The number of carbonyl (C=O) groups excluding carboxylic acids is 1. The molecule has 0 bridgehead atoms. The van der Waals surface area contributed by atoms with Gasteiger partial charge in [-0.1, -0.05) is 42.5 Å². The first kappa shape index (κ1) is 19.8. The van der Waals surface area contributed by atoms with E-state index in [1.54, 1.807) is 0 Å². The second kappa shape index (κ2) is 8.19. The van der Waals surface area contributed by atoms with E-state index in [0.717, 1.165) is 42.1 Å². The molecule has 1 amide bonds. The molecule has 0 aliphatic carbocycles. The first-order chi connectivity index (χ1) is 15.1. The Labute approximate surface area is 182 Å². The van der Waals surface area contributed by atoms with E-state index >= 15 is 0 Å². The molecule has 31 heavy (non-hydrogen) atoms. The number of hydrogen-bond acceptors (Lipinski definition) is 4. The molecule has 5 rings (SSSR count). The summed E-state index contributed by atoms with van der Waals surface area (Å²) in [7, 11) is 0. The van der Waals surface area contributed by atoms with Gasteiger partial charge in [-0.2, -0.15) is 5.10 Å². The molecule has 0 saturated carbocycles. The second-order valence-corrected chi connectivity index (χ2v) is 8.41. The number of anilines is 1. The van der Waals surface area contributed by atoms with Crippen LogP contribution in [0.5, 0.6) is 0 Å². The van der Waals surface area contributed by atoms with Crippen molar-refractivity contribution in [2.45, 2.75) is 45.5 Å². The molecule has 0 unspecified atom stereocenters. The number of aromatic nitrogens is 2. The van der Waals surface area contributed by atoms with Crippen molar-refractivity contribution in [1.82, 2.24) is 14.7 Å². The summed E-state index contributed by atoms with van der Waals surface area (Å²) >= 11 is 0. The highest BCUT2D eigenvalue weighted by Crippen LogP contribution is 2.36. The smallest absolute Gasteiger partial charge is 0.257 e. The van der Waals surface area contributed by atoms with E-state index in [1.165, 1.54) is 5.56 Å². The van der Waals surface area contributed by atoms with Gasteiger partial charge >= 0.3 is 0 Å². The van der Waals surface area contributed by atoms with Crippen LogP contribution in [-0.2, 0) is 11.3 Å². The van der Waals surface area contributed by atoms with Gasteiger partial charge in [0.15, 0.2) is 0 Å². The van der Waals surface area contributed by atoms with Crippen molar-refractivity contribution in [3.8, 4) is 0 Å². The molecule has 1 N–H and O–H groups in total. The molecular weight excluding hydrogens is 388 g/mol. The Morgan fingerprint density at radius 2 is 1.87 bits per heavy atom. The zero-order chi connectivity index (χ0) is 21.4. The van der Waals surface area contributed by atoms with E-state index in [2.05, 4.69) is 24.4 Å². The maximum Gasteiger partial charge on any atom is 0.257 e. The SMILES string of the molecule is Cc1nn(Cc2ccccc2)c(C)c1[C@H]1Nc2ccccc2C(=O)N1C[C@H]1CCCO1. The lowest BCUT2D eigenvalue weighted by molar-refractivity contribution is 0.0425. The number of para-hydroxylation sites is 1. The maximum absolute atomic E-state index is 13.5. The zero-order valence-electron chi connectivity index (χ0n) is 18.0. The highest BCUT2D eigenvalue weighted by molar-refractivity contribution is 6.01. The second-order valence-electron chi connectivity index (χ2n) is 8.41. The third-order valence-electron chi connectivity index (χ3n) is 6.33. The number of fused-ring (bicyclic) bond motifs is 1. The minimum Gasteiger partial charge on any atom is -0.376 e. The summed E-state index contributed by atoms with van der Waals surface area (Å²) in [4.78, 5) is 15.4. The van der Waals surface area contributed by atoms with Crippen molar-refractivity contribution in [2.75, 3.05) is 18.5 Å². The molecule has 1 fully saturated rings. The molecule has 2 atom stereocenters. The Balaban J connectivity index is 1.52. The van der Waals surface area contributed by atoms with Crippen LogP contribution in [0.2, 0.25) is 0 Å². The highest BCUT2D eigenvalue weighted by Gasteiger charge is 2.37. The van der Waals surface area contributed by atoms with Crippen molar-refractivity contribution >= 4 is 11.6 Å². The van der Waals surface area contributed by atoms with Gasteiger partial charge in [0.05, 0.1) is 23.9 Å². The molecule has 2 aromatic carbocycles. The Bertz CT molecular complexity index is 1090. The van der Waals surface area contributed by atoms with Crippen LogP contribution in [0.3, 0.4) is 0 Å². The number of carbonyl (C=O) groups is 1. The number of ether oxygens (including phenoxy) is 1. The number of amides is 1. The van der Waals surface area contributed by atoms with Gasteiger partial charge in [-0.3, -0.25) is 9.48 Å². The fraction of sp³-hybridized carbons (Fsp3) is 0.360. The minimum atomic E-state index is -0.267. The summed E-state index contributed by atoms with van der Waals surface area (Å²) in [5.74, 6) is 0.0458. The monoisotopic (exact) mass is 416 g/mol. The van der Waals surface area contributed by atoms with Crippen LogP contribution in [-0.4, -0.2) is 39.8 Å². The lowest BCUT2D eigenvalue weighted by atomic mass is 10.0. The average molecular weight is 417 g/mol. The number of aryl methyl sites for hydroxylation is 1. The first-order valence-electron chi connectivity index (χ1n) is 11.0. The molecule has 2 aliphatic rings. The molecule has 3 aromatic rings. The number of hydrogen-bond donors (Lipinski definition) is 1. The Morgan fingerprint density at radius 3 is 2.65 bits per heavy atom. The van der Waals surface area contributed by atoms with Gasteiger partial charge in [0, 0.05) is 30.1 Å². The molecule has 6 heteroatoms. The van der Waals surface area contributed by atoms with Gasteiger partial charge in [0.2, 0.25) is 0 Å². The van der Waals surface area contributed by atoms with Crippen LogP contribution in [0.1, 0.15) is 51.9 Å². The lowest BCUT2D eigenvalue weighted by Gasteiger charge is -2.39. The number of benzene rings is 2. The molecule has 6 nitrogen and oxygen atoms in total. The van der Waals surface area contributed by atoms with Crippen molar-refractivity contribution in [3.63, 3.8) is 0 Å². The summed E-state index contributed by atoms with van der Waals surface area (Å²) in [6, 6.07) is 18.1. The summed E-state index contributed by atoms with van der Waals surface area (Å²) < 4.78 is 7.92. The molecule has 160 valence electrons. The van der Waals surface area contributed by atoms with E-state index in [1.807, 2.05) is 59.0 Å². The van der Waals surface area contributed by atoms with Gasteiger partial charge in [0.1, 0.15) is 6.17 Å². The fourth-order valence-electron chi connectivity index (χ4n) is 4.73. The molecule has 1 aromatic heterocycles. The number of nitrogens with one attached hydrogen (secondary N) is 1. The van der Waals surface area contributed by atoms with Crippen LogP contribution in [0.4, 0.5) is 5.69 Å². The van der Waals surface area contributed by atoms with Gasteiger partial charge in [0.25, 0.3) is 5.91 Å². The molecule has 2 aliphatic heterocycles. The topological polar surface area (TPSA) is 59.4 Å². The van der Waals surface area contributed by atoms with Gasteiger partial charge in [-0.15, -0.1) is 0 Å². The van der Waals surface area contributed by atoms with E-state index in [9.17, 15) is 4.79 Å². The standard InChI is InChI=1S/C25H28N4O2/c1-17-23(18(2)29(27-17)15-19-9-4-3-5-10-19)24-26-22-13-7-6-12-21(22)25(30)28(24)16-20-11-8-14-31-20/h3-7,9-10,12-13,20,24,26H,8,11,14-16H2,1-2H3/t20-,24+/m1/s1. The predicted molar refractivity (Wildman–Crippen MR) is 120 cm³/mol. The van der Waals surface area contributed by atoms with Crippen molar-refractivity contribution in [3.05, 3.63) is 82.7 Å². The summed E-state index contributed by atoms with van der Waals surface area (Å²) in [6.45, 7) is 6.18. The van der Waals surface area contributed by atoms with E-state index in [0.29, 0.717) is 18.7 Å². The van der Waals surface area contributed by atoms with Crippen LogP contribution in [0.25, 0.3) is 0 Å². The quantitative estimate of drug-likeness (QED) is 0.674. The fourth-order valence-corrected chi connectivity index (χ4v) is 4.73. The first-order valence-corrected chi connectivity index (χ1v) is 11.0. The lowest BCUT2D eigenvalue weighted by Crippen LogP contribution is -2.46. The van der Waals surface area contributed by atoms with E-state index in [-0.39, 0.29) is 18.2 Å². The maximum atomic E-state index is 13.5. The summed E-state index contributed by atoms with van der Waals surface area (Å²) in [6.07, 6.45) is 1.85. The molecule has 0 spiro atoms. The third-order valence-corrected chi connectivity index (χ3v) is 6.33. The van der Waals surface area contributed by atoms with Gasteiger partial charge in [-0.25, -0.2) is 0 Å². The highest BCUT2D eigenvalue weighted by atomic mass is 16.5. The zero-order valence-corrected chi connectivity index (χ0v) is 18.0. The van der Waals surface area contributed by atoms with Crippen molar-refractivity contribution in [2.24, 2.45) is 0 Å². The normalized spacial score (nSPS) is 20.6.